The average Bonchev–Trinajstić information content (AvgIpc) is 2.94. The summed E-state index contributed by atoms with van der Waals surface area (Å²) in [4.78, 5) is 27.8. The third-order valence-corrected chi connectivity index (χ3v) is 5.24. The number of methoxy groups -OCH3 is 1. The maximum absolute atomic E-state index is 12.6. The van der Waals surface area contributed by atoms with E-state index in [-0.39, 0.29) is 11.4 Å². The van der Waals surface area contributed by atoms with E-state index in [4.69, 9.17) is 9.47 Å². The van der Waals surface area contributed by atoms with Crippen LogP contribution in [0.15, 0.2) is 35.6 Å². The van der Waals surface area contributed by atoms with Gasteiger partial charge in [0.05, 0.1) is 38.5 Å². The van der Waals surface area contributed by atoms with Crippen LogP contribution in [0.2, 0.25) is 0 Å². The van der Waals surface area contributed by atoms with Crippen molar-refractivity contribution >= 4 is 11.7 Å². The lowest BCUT2D eigenvalue weighted by Gasteiger charge is -2.28. The van der Waals surface area contributed by atoms with Crippen LogP contribution in [0.4, 0.5) is 0 Å². The molecule has 0 saturated carbocycles. The van der Waals surface area contributed by atoms with Gasteiger partial charge >= 0.3 is 0 Å². The average molecular weight is 375 g/mol. The zero-order valence-corrected chi connectivity index (χ0v) is 15.9. The highest BCUT2D eigenvalue weighted by Gasteiger charge is 2.42. The second kappa shape index (κ2) is 8.54. The van der Waals surface area contributed by atoms with Crippen molar-refractivity contribution in [1.82, 2.24) is 4.90 Å². The molecule has 1 fully saturated rings. The lowest BCUT2D eigenvalue weighted by atomic mass is 9.96. The topological polar surface area (TPSA) is 80.5 Å². The summed E-state index contributed by atoms with van der Waals surface area (Å²) in [6.07, 6.45) is 0.798. The molecule has 1 aromatic rings. The Morgan fingerprint density at radius 3 is 2.56 bits per heavy atom. The summed E-state index contributed by atoms with van der Waals surface area (Å²) in [6, 6.07) is 6.70. The number of ketones is 1. The molecular formula is C20H27N2O5+. The first-order chi connectivity index (χ1) is 13.0. The standard InChI is InChI=1S/C20H26N2O5/c1-14(23)17-18(15-4-6-16(26-2)7-5-15)22(20(25)19(17)24)9-3-8-21-10-12-27-13-11-21/h4-7,18,24H,3,8-13H2,1-2H3/p+1/t18-/m0/s1. The third-order valence-electron chi connectivity index (χ3n) is 5.24. The summed E-state index contributed by atoms with van der Waals surface area (Å²) in [7, 11) is 1.58. The molecule has 0 radical (unpaired) electrons. The molecule has 7 nitrogen and oxygen atoms in total. The van der Waals surface area contributed by atoms with E-state index < -0.39 is 17.7 Å². The number of hydrogen-bond donors (Lipinski definition) is 2. The van der Waals surface area contributed by atoms with E-state index in [0.29, 0.717) is 12.3 Å². The van der Waals surface area contributed by atoms with Gasteiger partial charge in [0.15, 0.2) is 11.5 Å². The number of rotatable bonds is 7. The second-order valence-electron chi connectivity index (χ2n) is 6.96. The van der Waals surface area contributed by atoms with Crippen molar-refractivity contribution in [2.45, 2.75) is 19.4 Å². The van der Waals surface area contributed by atoms with Crippen LogP contribution in [-0.2, 0) is 14.3 Å². The lowest BCUT2D eigenvalue weighted by Crippen LogP contribution is -3.14. The molecule has 0 bridgehead atoms. The van der Waals surface area contributed by atoms with Crippen LogP contribution in [0.25, 0.3) is 0 Å². The van der Waals surface area contributed by atoms with Crippen LogP contribution in [0, 0.1) is 0 Å². The van der Waals surface area contributed by atoms with Crippen LogP contribution < -0.4 is 9.64 Å². The number of nitrogens with one attached hydrogen (secondary N) is 1. The quantitative estimate of drug-likeness (QED) is 0.716. The normalized spacial score (nSPS) is 21.0. The largest absolute Gasteiger partial charge is 0.503 e. The van der Waals surface area contributed by atoms with E-state index >= 15 is 0 Å². The highest BCUT2D eigenvalue weighted by molar-refractivity contribution is 6.08. The van der Waals surface area contributed by atoms with Gasteiger partial charge in [-0.1, -0.05) is 12.1 Å². The number of hydrogen-bond acceptors (Lipinski definition) is 5. The van der Waals surface area contributed by atoms with Gasteiger partial charge in [-0.25, -0.2) is 0 Å². The number of carbonyl (C=O) groups is 2. The molecule has 2 N–H and O–H groups in total. The molecule has 0 aromatic heterocycles. The van der Waals surface area contributed by atoms with Crippen molar-refractivity contribution in [3.05, 3.63) is 41.2 Å². The molecule has 1 atom stereocenters. The lowest BCUT2D eigenvalue weighted by molar-refractivity contribution is -0.908. The number of morpholine rings is 1. The molecule has 0 aliphatic carbocycles. The minimum atomic E-state index is -0.555. The maximum Gasteiger partial charge on any atom is 0.290 e. The van der Waals surface area contributed by atoms with E-state index in [2.05, 4.69) is 0 Å². The van der Waals surface area contributed by atoms with Crippen molar-refractivity contribution in [1.29, 1.82) is 0 Å². The van der Waals surface area contributed by atoms with Crippen molar-refractivity contribution < 1.29 is 29.1 Å². The van der Waals surface area contributed by atoms with E-state index in [1.54, 1.807) is 24.1 Å². The molecule has 3 rings (SSSR count). The molecule has 1 aromatic carbocycles. The first kappa shape index (κ1) is 19.4. The molecule has 1 amide bonds. The molecule has 2 aliphatic heterocycles. The van der Waals surface area contributed by atoms with Gasteiger partial charge in [0.1, 0.15) is 18.8 Å². The van der Waals surface area contributed by atoms with Gasteiger partial charge < -0.3 is 24.4 Å². The number of aliphatic hydroxyl groups excluding tert-OH is 1. The predicted molar refractivity (Wildman–Crippen MR) is 98.8 cm³/mol. The Balaban J connectivity index is 1.77. The van der Waals surface area contributed by atoms with Crippen molar-refractivity contribution in [2.75, 3.05) is 46.5 Å². The Morgan fingerprint density at radius 1 is 1.30 bits per heavy atom. The van der Waals surface area contributed by atoms with Crippen molar-refractivity contribution in [3.8, 4) is 5.75 Å². The van der Waals surface area contributed by atoms with E-state index in [1.165, 1.54) is 11.8 Å². The van der Waals surface area contributed by atoms with Gasteiger partial charge in [0.2, 0.25) is 0 Å². The number of nitrogens with zero attached hydrogens (tertiary/aromatic N) is 1. The second-order valence-corrected chi connectivity index (χ2v) is 6.96. The Morgan fingerprint density at radius 2 is 1.96 bits per heavy atom. The van der Waals surface area contributed by atoms with E-state index in [9.17, 15) is 14.7 Å². The van der Waals surface area contributed by atoms with Crippen LogP contribution >= 0.6 is 0 Å². The summed E-state index contributed by atoms with van der Waals surface area (Å²) in [5.41, 5.74) is 0.959. The SMILES string of the molecule is COc1ccc([C@H]2C(C(C)=O)=C(O)C(=O)N2CCC[NH+]2CCOCC2)cc1. The van der Waals surface area contributed by atoms with Gasteiger partial charge in [-0.2, -0.15) is 0 Å². The Labute approximate surface area is 159 Å². The smallest absolute Gasteiger partial charge is 0.290 e. The molecule has 0 spiro atoms. The highest BCUT2D eigenvalue weighted by atomic mass is 16.5. The third kappa shape index (κ3) is 4.14. The molecule has 146 valence electrons. The number of carbonyl (C=O) groups excluding carboxylic acids is 2. The fourth-order valence-corrected chi connectivity index (χ4v) is 3.79. The minimum absolute atomic E-state index is 0.170. The van der Waals surface area contributed by atoms with Crippen molar-refractivity contribution in [3.63, 3.8) is 0 Å². The summed E-state index contributed by atoms with van der Waals surface area (Å²) in [5, 5.41) is 10.3. The van der Waals surface area contributed by atoms with E-state index in [0.717, 1.165) is 44.8 Å². The Bertz CT molecular complexity index is 722. The zero-order valence-electron chi connectivity index (χ0n) is 15.9. The van der Waals surface area contributed by atoms with E-state index in [1.807, 2.05) is 12.1 Å². The predicted octanol–water partition coefficient (Wildman–Crippen LogP) is 0.285. The molecule has 2 heterocycles. The van der Waals surface area contributed by atoms with Gasteiger partial charge in [-0.05, 0) is 24.6 Å². The van der Waals surface area contributed by atoms with Crippen LogP contribution in [0.3, 0.4) is 0 Å². The molecule has 7 heteroatoms. The monoisotopic (exact) mass is 375 g/mol. The zero-order chi connectivity index (χ0) is 19.4. The fourth-order valence-electron chi connectivity index (χ4n) is 3.79. The number of benzene rings is 1. The van der Waals surface area contributed by atoms with Crippen molar-refractivity contribution in [2.24, 2.45) is 0 Å². The van der Waals surface area contributed by atoms with Gasteiger partial charge in [-0.3, -0.25) is 9.59 Å². The molecule has 2 aliphatic rings. The van der Waals surface area contributed by atoms with Gasteiger partial charge in [-0.15, -0.1) is 0 Å². The number of ether oxygens (including phenoxy) is 2. The van der Waals surface area contributed by atoms with Crippen LogP contribution in [-0.4, -0.2) is 68.2 Å². The first-order valence-corrected chi connectivity index (χ1v) is 9.33. The number of quaternary nitrogens is 1. The maximum atomic E-state index is 12.6. The molecular weight excluding hydrogens is 348 g/mol. The number of Topliss-reactive ketones (excluding diaryl/α,β-unsaturated/α-hetero) is 1. The highest BCUT2D eigenvalue weighted by Crippen LogP contribution is 2.38. The Hall–Kier alpha value is -2.38. The number of aliphatic hydroxyl groups is 1. The van der Waals surface area contributed by atoms with Gasteiger partial charge in [0.25, 0.3) is 5.91 Å². The first-order valence-electron chi connectivity index (χ1n) is 9.33. The molecule has 1 saturated heterocycles. The van der Waals surface area contributed by atoms with Gasteiger partial charge in [0, 0.05) is 13.0 Å². The fraction of sp³-hybridized carbons (Fsp3) is 0.500. The summed E-state index contributed by atoms with van der Waals surface area (Å²) in [5.74, 6) is -0.494. The Kier molecular flexibility index (Phi) is 6.13. The van der Waals surface area contributed by atoms with Crippen LogP contribution in [0.1, 0.15) is 24.9 Å². The van der Waals surface area contributed by atoms with Crippen LogP contribution in [0.5, 0.6) is 5.75 Å². The molecule has 27 heavy (non-hydrogen) atoms. The summed E-state index contributed by atoms with van der Waals surface area (Å²) in [6.45, 7) is 6.28. The number of amides is 1. The molecule has 0 unspecified atom stereocenters. The summed E-state index contributed by atoms with van der Waals surface area (Å²) >= 11 is 0. The minimum Gasteiger partial charge on any atom is -0.503 e. The summed E-state index contributed by atoms with van der Waals surface area (Å²) < 4.78 is 10.6.